The molecule has 1 amide bonds. The Labute approximate surface area is 205 Å². The summed E-state index contributed by atoms with van der Waals surface area (Å²) in [5, 5.41) is 6.41. The van der Waals surface area contributed by atoms with E-state index in [9.17, 15) is 4.79 Å². The summed E-state index contributed by atoms with van der Waals surface area (Å²) in [6.45, 7) is 7.30. The van der Waals surface area contributed by atoms with Crippen LogP contribution in [0.15, 0.2) is 72.8 Å². The largest absolute Gasteiger partial charge is 0.360 e. The number of halogens is 1. The molecule has 0 atom stereocenters. The van der Waals surface area contributed by atoms with Crippen molar-refractivity contribution < 1.29 is 9.69 Å². The van der Waals surface area contributed by atoms with E-state index in [4.69, 9.17) is 23.8 Å². The van der Waals surface area contributed by atoms with E-state index < -0.39 is 0 Å². The van der Waals surface area contributed by atoms with Crippen molar-refractivity contribution in [1.29, 1.82) is 0 Å². The van der Waals surface area contributed by atoms with Crippen molar-refractivity contribution in [3.8, 4) is 0 Å². The molecule has 0 saturated carbocycles. The van der Waals surface area contributed by atoms with E-state index in [2.05, 4.69) is 58.0 Å². The third-order valence-corrected chi connectivity index (χ3v) is 6.37. The van der Waals surface area contributed by atoms with Gasteiger partial charge in [0.05, 0.1) is 36.8 Å². The summed E-state index contributed by atoms with van der Waals surface area (Å²) in [4.78, 5) is 16.5. The van der Waals surface area contributed by atoms with Crippen LogP contribution in [0.1, 0.15) is 21.5 Å². The number of carbonyl (C=O) groups is 1. The maximum atomic E-state index is 12.4. The number of carbonyl (C=O) groups excluding carboxylic acids is 1. The third-order valence-electron chi connectivity index (χ3n) is 5.85. The van der Waals surface area contributed by atoms with Crippen molar-refractivity contribution in [2.75, 3.05) is 36.4 Å². The van der Waals surface area contributed by atoms with E-state index in [1.807, 2.05) is 25.1 Å². The van der Waals surface area contributed by atoms with Gasteiger partial charge in [0, 0.05) is 16.9 Å². The molecule has 1 fully saturated rings. The van der Waals surface area contributed by atoms with Gasteiger partial charge in [-0.25, -0.2) is 0 Å². The SMILES string of the molecule is Cc1ccc(C(=O)NC(=S)Nc2ccc(N3CC[NH+](Cc4ccccc4)CC3)cc2)c(Cl)c1. The minimum Gasteiger partial charge on any atom is -0.360 e. The zero-order chi connectivity index (χ0) is 23.2. The van der Waals surface area contributed by atoms with Crippen molar-refractivity contribution in [3.05, 3.63) is 94.5 Å². The van der Waals surface area contributed by atoms with Gasteiger partial charge >= 0.3 is 0 Å². The standard InChI is InChI=1S/C26H27ClN4OS/c1-19-7-12-23(24(27)17-19)25(32)29-26(33)28-21-8-10-22(11-9-21)31-15-13-30(14-16-31)18-20-5-3-2-4-6-20/h2-12,17H,13-16,18H2,1H3,(H2,28,29,32,33)/p+1. The smallest absolute Gasteiger partial charge is 0.258 e. The first-order chi connectivity index (χ1) is 16.0. The average molecular weight is 480 g/mol. The van der Waals surface area contributed by atoms with Crippen LogP contribution in [0.4, 0.5) is 11.4 Å². The van der Waals surface area contributed by atoms with Gasteiger partial charge in [0.25, 0.3) is 5.91 Å². The number of thiocarbonyl (C=S) groups is 1. The molecule has 4 rings (SSSR count). The van der Waals surface area contributed by atoms with E-state index >= 15 is 0 Å². The van der Waals surface area contributed by atoms with E-state index in [0.29, 0.717) is 10.6 Å². The zero-order valence-corrected chi connectivity index (χ0v) is 20.2. The second-order valence-electron chi connectivity index (χ2n) is 8.34. The molecule has 1 saturated heterocycles. The third kappa shape index (κ3) is 6.32. The van der Waals surface area contributed by atoms with Gasteiger partial charge in [0.15, 0.2) is 5.11 Å². The molecule has 3 N–H and O–H groups in total. The highest BCUT2D eigenvalue weighted by Gasteiger charge is 2.20. The first-order valence-electron chi connectivity index (χ1n) is 11.1. The normalized spacial score (nSPS) is 14.1. The summed E-state index contributed by atoms with van der Waals surface area (Å²) in [7, 11) is 0. The van der Waals surface area contributed by atoms with Crippen LogP contribution in [0.25, 0.3) is 0 Å². The molecule has 170 valence electrons. The fourth-order valence-corrected chi connectivity index (χ4v) is 4.57. The molecule has 1 aliphatic heterocycles. The highest BCUT2D eigenvalue weighted by atomic mass is 35.5. The molecular formula is C26H28ClN4OS+. The zero-order valence-electron chi connectivity index (χ0n) is 18.6. The molecule has 0 aliphatic carbocycles. The van der Waals surface area contributed by atoms with Gasteiger partial charge in [-0.1, -0.05) is 48.0 Å². The topological polar surface area (TPSA) is 48.8 Å². The highest BCUT2D eigenvalue weighted by Crippen LogP contribution is 2.19. The van der Waals surface area contributed by atoms with Crippen LogP contribution in [0.5, 0.6) is 0 Å². The summed E-state index contributed by atoms with van der Waals surface area (Å²) in [5.74, 6) is -0.329. The van der Waals surface area contributed by atoms with Crippen LogP contribution in [0.3, 0.4) is 0 Å². The molecule has 0 aromatic heterocycles. The number of hydrogen-bond acceptors (Lipinski definition) is 3. The molecule has 0 radical (unpaired) electrons. The van der Waals surface area contributed by atoms with Crippen molar-refractivity contribution in [3.63, 3.8) is 0 Å². The lowest BCUT2D eigenvalue weighted by Crippen LogP contribution is -3.13. The molecule has 1 aliphatic rings. The van der Waals surface area contributed by atoms with Crippen molar-refractivity contribution in [2.24, 2.45) is 0 Å². The van der Waals surface area contributed by atoms with Crippen LogP contribution in [0.2, 0.25) is 5.02 Å². The van der Waals surface area contributed by atoms with Gasteiger partial charge in [0.2, 0.25) is 0 Å². The van der Waals surface area contributed by atoms with Crippen LogP contribution < -0.4 is 20.4 Å². The molecule has 3 aromatic carbocycles. The minimum atomic E-state index is -0.329. The minimum absolute atomic E-state index is 0.238. The van der Waals surface area contributed by atoms with Crippen molar-refractivity contribution in [2.45, 2.75) is 13.5 Å². The Morgan fingerprint density at radius 2 is 1.73 bits per heavy atom. The Balaban J connectivity index is 1.27. The lowest BCUT2D eigenvalue weighted by atomic mass is 10.1. The molecule has 33 heavy (non-hydrogen) atoms. The van der Waals surface area contributed by atoms with Gasteiger partial charge < -0.3 is 15.1 Å². The molecule has 0 spiro atoms. The van der Waals surface area contributed by atoms with Crippen LogP contribution in [-0.2, 0) is 6.54 Å². The first kappa shape index (κ1) is 23.2. The number of nitrogens with one attached hydrogen (secondary N) is 3. The highest BCUT2D eigenvalue weighted by molar-refractivity contribution is 7.80. The van der Waals surface area contributed by atoms with E-state index in [1.54, 1.807) is 17.0 Å². The van der Waals surface area contributed by atoms with Gasteiger partial charge in [-0.15, -0.1) is 0 Å². The van der Waals surface area contributed by atoms with Crippen LogP contribution in [-0.4, -0.2) is 37.2 Å². The number of piperazine rings is 1. The second kappa shape index (κ2) is 10.8. The second-order valence-corrected chi connectivity index (χ2v) is 9.15. The van der Waals surface area contributed by atoms with Gasteiger partial charge in [0.1, 0.15) is 6.54 Å². The number of anilines is 2. The van der Waals surface area contributed by atoms with Gasteiger partial charge in [-0.05, 0) is 61.1 Å². The number of quaternary nitrogens is 1. The predicted octanol–water partition coefficient (Wildman–Crippen LogP) is 3.68. The van der Waals surface area contributed by atoms with Crippen molar-refractivity contribution in [1.82, 2.24) is 5.32 Å². The number of hydrogen-bond donors (Lipinski definition) is 3. The number of aryl methyl sites for hydroxylation is 1. The Morgan fingerprint density at radius 1 is 1.03 bits per heavy atom. The molecule has 7 heteroatoms. The Kier molecular flexibility index (Phi) is 7.60. The monoisotopic (exact) mass is 479 g/mol. The maximum absolute atomic E-state index is 12.4. The number of rotatable bonds is 5. The lowest BCUT2D eigenvalue weighted by Gasteiger charge is -2.33. The maximum Gasteiger partial charge on any atom is 0.258 e. The van der Waals surface area contributed by atoms with Crippen molar-refractivity contribution >= 4 is 46.2 Å². The quantitative estimate of drug-likeness (QED) is 0.489. The van der Waals surface area contributed by atoms with E-state index in [0.717, 1.165) is 44.0 Å². The molecule has 5 nitrogen and oxygen atoms in total. The first-order valence-corrected chi connectivity index (χ1v) is 11.9. The Bertz CT molecular complexity index is 1110. The van der Waals surface area contributed by atoms with Gasteiger partial charge in [-0.2, -0.15) is 0 Å². The molecule has 3 aromatic rings. The predicted molar refractivity (Wildman–Crippen MR) is 139 cm³/mol. The fraction of sp³-hybridized carbons (Fsp3) is 0.231. The summed E-state index contributed by atoms with van der Waals surface area (Å²) in [5.41, 5.74) is 4.81. The Hall–Kier alpha value is -2.93. The lowest BCUT2D eigenvalue weighted by molar-refractivity contribution is -0.914. The summed E-state index contributed by atoms with van der Waals surface area (Å²) in [6.07, 6.45) is 0. The summed E-state index contributed by atoms with van der Waals surface area (Å²) >= 11 is 11.5. The Morgan fingerprint density at radius 3 is 2.39 bits per heavy atom. The van der Waals surface area contributed by atoms with E-state index in [1.165, 1.54) is 11.3 Å². The average Bonchev–Trinajstić information content (AvgIpc) is 2.80. The van der Waals surface area contributed by atoms with Crippen LogP contribution >= 0.6 is 23.8 Å². The van der Waals surface area contributed by atoms with Gasteiger partial charge in [-0.3, -0.25) is 10.1 Å². The number of amides is 1. The summed E-state index contributed by atoms with van der Waals surface area (Å²) in [6, 6.07) is 24.1. The number of benzene rings is 3. The molecule has 1 heterocycles. The van der Waals surface area contributed by atoms with E-state index in [-0.39, 0.29) is 11.0 Å². The van der Waals surface area contributed by atoms with Crippen LogP contribution in [0, 0.1) is 6.92 Å². The number of nitrogens with zero attached hydrogens (tertiary/aromatic N) is 1. The fourth-order valence-electron chi connectivity index (χ4n) is 4.04. The molecular weight excluding hydrogens is 452 g/mol. The molecule has 0 unspecified atom stereocenters. The summed E-state index contributed by atoms with van der Waals surface area (Å²) < 4.78 is 0. The molecule has 0 bridgehead atoms.